The molecule has 0 bridgehead atoms. The molecule has 0 amide bonds. The maximum atomic E-state index is 10.0. The highest BCUT2D eigenvalue weighted by atomic mass is 16.1. The van der Waals surface area contributed by atoms with E-state index in [9.17, 15) is 4.79 Å². The van der Waals surface area contributed by atoms with E-state index >= 15 is 0 Å². The summed E-state index contributed by atoms with van der Waals surface area (Å²) >= 11 is 0. The number of hydrogen-bond acceptors (Lipinski definition) is 10. The smallest absolute Gasteiger partial charge is 0.239 e. The third-order valence-corrected chi connectivity index (χ3v) is 5.01. The van der Waals surface area contributed by atoms with Crippen molar-refractivity contribution in [3.8, 4) is 23.3 Å². The molecule has 0 aliphatic rings. The van der Waals surface area contributed by atoms with Crippen LogP contribution in [0.25, 0.3) is 23.3 Å². The Morgan fingerprint density at radius 3 is 1.80 bits per heavy atom. The third-order valence-electron chi connectivity index (χ3n) is 5.01. The van der Waals surface area contributed by atoms with Crippen molar-refractivity contribution in [2.75, 3.05) is 5.73 Å². The zero-order valence-electron chi connectivity index (χ0n) is 20.8. The number of aromatic nitrogens is 10. The standard InChI is InChI=1S/C14H13N5.C7H6O.C6H6N6.CH4/c1-2-5-11(6-3-1)7-8-12-17-14(19-18-12)13-15-9-4-10-16-13;8-6-7-4-2-1-3-5-7;7-6-10-5(11-12-6)4-8-2-1-3-9-4;/h1-6,9-10H,7-8H2,(H,17,18,19);1-6H;1-3H,(H3,7,10,11,12);1H4. The van der Waals surface area contributed by atoms with E-state index in [0.717, 1.165) is 30.5 Å². The van der Waals surface area contributed by atoms with Crippen molar-refractivity contribution in [2.45, 2.75) is 20.3 Å². The molecule has 0 fully saturated rings. The molecule has 0 aliphatic carbocycles. The fraction of sp³-hybridized carbons (Fsp3) is 0.107. The van der Waals surface area contributed by atoms with Gasteiger partial charge in [-0.3, -0.25) is 15.0 Å². The molecule has 4 aromatic heterocycles. The molecule has 2 aromatic carbocycles. The number of anilines is 1. The Morgan fingerprint density at radius 1 is 0.650 bits per heavy atom. The van der Waals surface area contributed by atoms with Gasteiger partial charge in [0.1, 0.15) is 12.1 Å². The van der Waals surface area contributed by atoms with Crippen molar-refractivity contribution in [1.82, 2.24) is 50.3 Å². The Balaban J connectivity index is 0.000000180. The lowest BCUT2D eigenvalue weighted by Gasteiger charge is -1.97. The monoisotopic (exact) mass is 535 g/mol. The van der Waals surface area contributed by atoms with Gasteiger partial charge in [-0.05, 0) is 24.1 Å². The number of aryl methyl sites for hydroxylation is 2. The minimum Gasteiger partial charge on any atom is -0.366 e. The Kier molecular flexibility index (Phi) is 11.3. The summed E-state index contributed by atoms with van der Waals surface area (Å²) in [4.78, 5) is 34.5. The van der Waals surface area contributed by atoms with E-state index in [0.29, 0.717) is 23.3 Å². The van der Waals surface area contributed by atoms with E-state index in [1.54, 1.807) is 49.1 Å². The molecule has 4 heterocycles. The summed E-state index contributed by atoms with van der Waals surface area (Å²) in [7, 11) is 0. The van der Waals surface area contributed by atoms with Gasteiger partial charge < -0.3 is 5.73 Å². The van der Waals surface area contributed by atoms with Gasteiger partial charge in [-0.2, -0.15) is 4.98 Å². The highest BCUT2D eigenvalue weighted by Crippen LogP contribution is 2.09. The van der Waals surface area contributed by atoms with Crippen molar-refractivity contribution < 1.29 is 4.79 Å². The molecule has 12 nitrogen and oxygen atoms in total. The number of nitrogens with one attached hydrogen (secondary N) is 2. The zero-order chi connectivity index (χ0) is 27.1. The van der Waals surface area contributed by atoms with Crippen LogP contribution in [0.5, 0.6) is 0 Å². The molecular formula is C28H29N11O. The number of hydrogen-bond donors (Lipinski definition) is 3. The van der Waals surface area contributed by atoms with Crippen molar-refractivity contribution in [2.24, 2.45) is 0 Å². The molecule has 6 aromatic rings. The first-order valence-electron chi connectivity index (χ1n) is 11.9. The average Bonchev–Trinajstić information content (AvgIpc) is 3.68. The number of carbonyl (C=O) groups excluding carboxylic acids is 1. The lowest BCUT2D eigenvalue weighted by molar-refractivity contribution is 0.112. The first kappa shape index (κ1) is 28.9. The summed E-state index contributed by atoms with van der Waals surface area (Å²) in [6, 6.07) is 22.9. The molecule has 0 radical (unpaired) electrons. The highest BCUT2D eigenvalue weighted by molar-refractivity contribution is 5.74. The Bertz CT molecular complexity index is 1520. The van der Waals surface area contributed by atoms with Gasteiger partial charge in [-0.15, -0.1) is 10.2 Å². The number of rotatable bonds is 6. The molecule has 0 aliphatic heterocycles. The number of benzene rings is 2. The van der Waals surface area contributed by atoms with Gasteiger partial charge in [0.05, 0.1) is 0 Å². The highest BCUT2D eigenvalue weighted by Gasteiger charge is 2.08. The average molecular weight is 536 g/mol. The molecule has 0 atom stereocenters. The largest absolute Gasteiger partial charge is 0.366 e. The predicted octanol–water partition coefficient (Wildman–Crippen LogP) is 4.03. The fourth-order valence-electron chi connectivity index (χ4n) is 3.16. The van der Waals surface area contributed by atoms with Crippen LogP contribution in [0.4, 0.5) is 5.95 Å². The molecule has 0 saturated heterocycles. The topological polar surface area (TPSA) is 178 Å². The van der Waals surface area contributed by atoms with Crippen LogP contribution in [-0.4, -0.2) is 56.6 Å². The van der Waals surface area contributed by atoms with Crippen molar-refractivity contribution >= 4 is 12.2 Å². The second-order valence-electron chi connectivity index (χ2n) is 7.81. The number of nitrogens with two attached hydrogens (primary N) is 1. The Morgan fingerprint density at radius 2 is 1.25 bits per heavy atom. The van der Waals surface area contributed by atoms with Crippen LogP contribution in [0, 0.1) is 0 Å². The molecule has 12 heteroatoms. The van der Waals surface area contributed by atoms with Crippen molar-refractivity contribution in [3.05, 3.63) is 115 Å². The van der Waals surface area contributed by atoms with Gasteiger partial charge >= 0.3 is 0 Å². The molecule has 6 rings (SSSR count). The Hall–Kier alpha value is -5.65. The van der Waals surface area contributed by atoms with Gasteiger partial charge in [-0.1, -0.05) is 68.1 Å². The lowest BCUT2D eigenvalue weighted by atomic mass is 10.1. The predicted molar refractivity (Wildman–Crippen MR) is 152 cm³/mol. The third kappa shape index (κ3) is 9.03. The van der Waals surface area contributed by atoms with Gasteiger partial charge in [0.2, 0.25) is 11.8 Å². The molecule has 0 saturated carbocycles. The molecular weight excluding hydrogens is 506 g/mol. The number of nitrogen functional groups attached to an aromatic ring is 1. The number of H-pyrrole nitrogens is 2. The van der Waals surface area contributed by atoms with E-state index in [-0.39, 0.29) is 13.4 Å². The maximum absolute atomic E-state index is 10.0. The lowest BCUT2D eigenvalue weighted by Crippen LogP contribution is -1.93. The van der Waals surface area contributed by atoms with E-state index in [4.69, 9.17) is 5.73 Å². The number of nitrogens with zero attached hydrogens (tertiary/aromatic N) is 8. The van der Waals surface area contributed by atoms with Crippen LogP contribution in [-0.2, 0) is 12.8 Å². The molecule has 40 heavy (non-hydrogen) atoms. The van der Waals surface area contributed by atoms with Crippen LogP contribution in [0.1, 0.15) is 29.2 Å². The zero-order valence-corrected chi connectivity index (χ0v) is 20.8. The minimum absolute atomic E-state index is 0. The number of aldehydes is 1. The van der Waals surface area contributed by atoms with Gasteiger partial charge in [0, 0.05) is 36.8 Å². The normalized spacial score (nSPS) is 9.70. The molecule has 0 spiro atoms. The fourth-order valence-corrected chi connectivity index (χ4v) is 3.16. The quantitative estimate of drug-likeness (QED) is 0.264. The maximum Gasteiger partial charge on any atom is 0.239 e. The van der Waals surface area contributed by atoms with E-state index in [2.05, 4.69) is 62.4 Å². The van der Waals surface area contributed by atoms with Crippen LogP contribution in [0.3, 0.4) is 0 Å². The van der Waals surface area contributed by atoms with Crippen LogP contribution >= 0.6 is 0 Å². The minimum atomic E-state index is 0. The van der Waals surface area contributed by atoms with Gasteiger partial charge in [-0.25, -0.2) is 24.9 Å². The molecule has 4 N–H and O–H groups in total. The summed E-state index contributed by atoms with van der Waals surface area (Å²) in [6.45, 7) is 0. The van der Waals surface area contributed by atoms with E-state index < -0.39 is 0 Å². The first-order valence-corrected chi connectivity index (χ1v) is 11.9. The summed E-state index contributed by atoms with van der Waals surface area (Å²) in [5.74, 6) is 3.10. The van der Waals surface area contributed by atoms with Crippen LogP contribution in [0.2, 0.25) is 0 Å². The van der Waals surface area contributed by atoms with Crippen molar-refractivity contribution in [1.29, 1.82) is 0 Å². The number of aromatic amines is 2. The van der Waals surface area contributed by atoms with Crippen molar-refractivity contribution in [3.63, 3.8) is 0 Å². The SMILES string of the molecule is C.Nc1n[nH]c(-c2ncccn2)n1.O=Cc1ccccc1.c1ccc(CCc2nc(-c3ncccn3)n[nH]2)cc1. The van der Waals surface area contributed by atoms with Gasteiger partial charge in [0.25, 0.3) is 0 Å². The summed E-state index contributed by atoms with van der Waals surface area (Å²) in [5, 5.41) is 13.3. The number of carbonyl (C=O) groups is 1. The molecule has 0 unspecified atom stereocenters. The summed E-state index contributed by atoms with van der Waals surface area (Å²) < 4.78 is 0. The van der Waals surface area contributed by atoms with E-state index in [1.165, 1.54) is 5.56 Å². The summed E-state index contributed by atoms with van der Waals surface area (Å²) in [6.07, 6.45) is 9.21. The molecule has 202 valence electrons. The Labute approximate surface area is 231 Å². The van der Waals surface area contributed by atoms with Crippen LogP contribution in [0.15, 0.2) is 97.6 Å². The summed E-state index contributed by atoms with van der Waals surface area (Å²) in [5.41, 5.74) is 7.32. The second-order valence-corrected chi connectivity index (χ2v) is 7.81. The second kappa shape index (κ2) is 15.6. The first-order chi connectivity index (χ1) is 19.2. The van der Waals surface area contributed by atoms with Gasteiger partial charge in [0.15, 0.2) is 17.5 Å². The van der Waals surface area contributed by atoms with Crippen LogP contribution < -0.4 is 5.73 Å². The van der Waals surface area contributed by atoms with E-state index in [1.807, 2.05) is 36.4 Å².